The van der Waals surface area contributed by atoms with E-state index in [-0.39, 0.29) is 17.0 Å². The summed E-state index contributed by atoms with van der Waals surface area (Å²) < 4.78 is 9.80. The van der Waals surface area contributed by atoms with Gasteiger partial charge in [0.2, 0.25) is 0 Å². The van der Waals surface area contributed by atoms with Crippen molar-refractivity contribution in [2.24, 2.45) is 0 Å². The van der Waals surface area contributed by atoms with Gasteiger partial charge in [-0.3, -0.25) is 14.9 Å². The second-order valence-electron chi connectivity index (χ2n) is 4.78. The van der Waals surface area contributed by atoms with Crippen molar-refractivity contribution in [3.05, 3.63) is 58.1 Å². The maximum absolute atomic E-state index is 12.2. The first-order valence-corrected chi connectivity index (χ1v) is 6.97. The van der Waals surface area contributed by atoms with E-state index in [1.54, 1.807) is 0 Å². The normalized spacial score (nSPS) is 9.96. The summed E-state index contributed by atoms with van der Waals surface area (Å²) in [6, 6.07) is 9.79. The number of aliphatic carboxylic acids is 1. The highest BCUT2D eigenvalue weighted by molar-refractivity contribution is 6.04. The van der Waals surface area contributed by atoms with Crippen LogP contribution in [-0.4, -0.2) is 30.5 Å². The number of nitro benzene ring substituents is 1. The zero-order valence-electron chi connectivity index (χ0n) is 13.1. The number of carboxylic acids is 1. The summed E-state index contributed by atoms with van der Waals surface area (Å²) in [7, 11) is 1.30. The molecule has 2 aromatic carbocycles. The number of carbonyl (C=O) groups excluding carboxylic acids is 2. The molecule has 0 heterocycles. The van der Waals surface area contributed by atoms with Crippen LogP contribution in [0.15, 0.2) is 42.5 Å². The molecule has 2 aromatic rings. The number of ether oxygens (including phenoxy) is 2. The fourth-order valence-corrected chi connectivity index (χ4v) is 1.95. The Balaban J connectivity index is 2.10. The molecule has 0 radical (unpaired) electrons. The Labute approximate surface area is 141 Å². The number of methoxy groups -OCH3 is 1. The fraction of sp³-hybridized carbons (Fsp3) is 0.125. The molecule has 0 atom stereocenters. The van der Waals surface area contributed by atoms with Gasteiger partial charge < -0.3 is 24.7 Å². The van der Waals surface area contributed by atoms with Crippen molar-refractivity contribution < 1.29 is 29.1 Å². The van der Waals surface area contributed by atoms with Crippen LogP contribution >= 0.6 is 0 Å². The number of amides is 1. The summed E-state index contributed by atoms with van der Waals surface area (Å²) in [5.74, 6) is -1.55. The van der Waals surface area contributed by atoms with Gasteiger partial charge >= 0.3 is 5.69 Å². The van der Waals surface area contributed by atoms with Crippen LogP contribution in [0.1, 0.15) is 10.4 Å². The lowest BCUT2D eigenvalue weighted by atomic mass is 10.1. The third-order valence-corrected chi connectivity index (χ3v) is 3.11. The van der Waals surface area contributed by atoms with Crippen LogP contribution < -0.4 is 19.9 Å². The summed E-state index contributed by atoms with van der Waals surface area (Å²) in [4.78, 5) is 32.9. The summed E-state index contributed by atoms with van der Waals surface area (Å²) in [5.41, 5.74) is 0.176. The van der Waals surface area contributed by atoms with Crippen LogP contribution in [0.4, 0.5) is 11.4 Å². The van der Waals surface area contributed by atoms with E-state index in [9.17, 15) is 24.8 Å². The molecule has 0 aliphatic heterocycles. The Hall–Kier alpha value is -3.62. The topological polar surface area (TPSA) is 131 Å². The largest absolute Gasteiger partial charge is 0.546 e. The van der Waals surface area contributed by atoms with Crippen molar-refractivity contribution in [2.45, 2.75) is 0 Å². The molecule has 9 heteroatoms. The SMILES string of the molecule is COc1ccc(C(=O)Nc2ccc(OCC(=O)[O-])cc2)cc1[N+](=O)[O-]. The highest BCUT2D eigenvalue weighted by Crippen LogP contribution is 2.28. The lowest BCUT2D eigenvalue weighted by Gasteiger charge is -2.09. The lowest BCUT2D eigenvalue weighted by Crippen LogP contribution is -2.28. The number of rotatable bonds is 7. The van der Waals surface area contributed by atoms with E-state index in [1.807, 2.05) is 0 Å². The van der Waals surface area contributed by atoms with E-state index in [2.05, 4.69) is 5.32 Å². The van der Waals surface area contributed by atoms with E-state index in [0.29, 0.717) is 11.4 Å². The zero-order valence-corrected chi connectivity index (χ0v) is 13.1. The highest BCUT2D eigenvalue weighted by atomic mass is 16.6. The molecular weight excluding hydrogens is 332 g/mol. The smallest absolute Gasteiger partial charge is 0.311 e. The second kappa shape index (κ2) is 7.77. The predicted octanol–water partition coefficient (Wildman–Crippen LogP) is 0.984. The highest BCUT2D eigenvalue weighted by Gasteiger charge is 2.18. The molecule has 0 saturated heterocycles. The van der Waals surface area contributed by atoms with Gasteiger partial charge in [0, 0.05) is 17.3 Å². The number of nitro groups is 1. The fourth-order valence-electron chi connectivity index (χ4n) is 1.95. The average Bonchev–Trinajstić information content (AvgIpc) is 2.60. The van der Waals surface area contributed by atoms with Crippen LogP contribution in [0.5, 0.6) is 11.5 Å². The van der Waals surface area contributed by atoms with Crippen LogP contribution in [0.25, 0.3) is 0 Å². The standard InChI is InChI=1S/C16H14N2O7/c1-24-14-7-2-10(8-13(14)18(22)23)16(21)17-11-3-5-12(6-4-11)25-9-15(19)20/h2-8H,9H2,1H3,(H,17,21)(H,19,20)/p-1. The molecule has 0 spiro atoms. The third-order valence-electron chi connectivity index (χ3n) is 3.11. The lowest BCUT2D eigenvalue weighted by molar-refractivity contribution is -0.385. The molecular formula is C16H13N2O7-. The van der Waals surface area contributed by atoms with Crippen LogP contribution in [0, 0.1) is 10.1 Å². The monoisotopic (exact) mass is 345 g/mol. The van der Waals surface area contributed by atoms with Crippen molar-refractivity contribution in [3.63, 3.8) is 0 Å². The van der Waals surface area contributed by atoms with Gasteiger partial charge in [-0.2, -0.15) is 0 Å². The number of hydrogen-bond acceptors (Lipinski definition) is 7. The Kier molecular flexibility index (Phi) is 5.51. The maximum Gasteiger partial charge on any atom is 0.311 e. The van der Waals surface area contributed by atoms with E-state index >= 15 is 0 Å². The number of carboxylic acid groups (broad SMARTS) is 1. The molecule has 2 rings (SSSR count). The number of benzene rings is 2. The Morgan fingerprint density at radius 1 is 1.16 bits per heavy atom. The van der Waals surface area contributed by atoms with Gasteiger partial charge in [-0.1, -0.05) is 0 Å². The van der Waals surface area contributed by atoms with Crippen molar-refractivity contribution in [3.8, 4) is 11.5 Å². The quantitative estimate of drug-likeness (QED) is 0.584. The molecule has 0 saturated carbocycles. The first-order valence-electron chi connectivity index (χ1n) is 6.97. The van der Waals surface area contributed by atoms with Gasteiger partial charge in [-0.15, -0.1) is 0 Å². The van der Waals surface area contributed by atoms with Crippen molar-refractivity contribution in [2.75, 3.05) is 19.0 Å². The molecule has 1 N–H and O–H groups in total. The summed E-state index contributed by atoms with van der Waals surface area (Å²) >= 11 is 0. The van der Waals surface area contributed by atoms with Gasteiger partial charge in [-0.25, -0.2) is 0 Å². The number of hydrogen-bond donors (Lipinski definition) is 1. The first kappa shape index (κ1) is 17.7. The number of anilines is 1. The first-order chi connectivity index (χ1) is 11.9. The van der Waals surface area contributed by atoms with Crippen LogP contribution in [-0.2, 0) is 4.79 Å². The number of nitrogens with one attached hydrogen (secondary N) is 1. The van der Waals surface area contributed by atoms with Gasteiger partial charge in [0.1, 0.15) is 12.4 Å². The molecule has 0 aliphatic carbocycles. The molecule has 130 valence electrons. The maximum atomic E-state index is 12.2. The summed E-state index contributed by atoms with van der Waals surface area (Å²) in [6.07, 6.45) is 0. The van der Waals surface area contributed by atoms with E-state index < -0.39 is 23.4 Å². The number of nitrogens with zero attached hydrogens (tertiary/aromatic N) is 1. The van der Waals surface area contributed by atoms with Gasteiger partial charge in [0.25, 0.3) is 5.91 Å². The molecule has 25 heavy (non-hydrogen) atoms. The molecule has 0 aromatic heterocycles. The van der Waals surface area contributed by atoms with E-state index in [1.165, 1.54) is 43.5 Å². The number of carbonyl (C=O) groups is 2. The van der Waals surface area contributed by atoms with Crippen LogP contribution in [0.3, 0.4) is 0 Å². The third kappa shape index (κ3) is 4.67. The van der Waals surface area contributed by atoms with Gasteiger partial charge in [-0.05, 0) is 36.4 Å². The van der Waals surface area contributed by atoms with Crippen LogP contribution in [0.2, 0.25) is 0 Å². The minimum Gasteiger partial charge on any atom is -0.546 e. The van der Waals surface area contributed by atoms with Gasteiger partial charge in [0.05, 0.1) is 18.0 Å². The van der Waals surface area contributed by atoms with E-state index in [4.69, 9.17) is 9.47 Å². The summed E-state index contributed by atoms with van der Waals surface area (Å²) in [6.45, 7) is -0.582. The molecule has 0 fully saturated rings. The molecule has 9 nitrogen and oxygen atoms in total. The molecule has 0 bridgehead atoms. The molecule has 1 amide bonds. The Morgan fingerprint density at radius 3 is 2.40 bits per heavy atom. The van der Waals surface area contributed by atoms with Crippen molar-refractivity contribution in [1.29, 1.82) is 0 Å². The molecule has 0 unspecified atom stereocenters. The molecule has 0 aliphatic rings. The minimum absolute atomic E-state index is 0.0518. The zero-order chi connectivity index (χ0) is 18.4. The van der Waals surface area contributed by atoms with E-state index in [0.717, 1.165) is 6.07 Å². The van der Waals surface area contributed by atoms with Crippen molar-refractivity contribution >= 4 is 23.3 Å². The Bertz CT molecular complexity index is 803. The van der Waals surface area contributed by atoms with Gasteiger partial charge in [0.15, 0.2) is 5.75 Å². The minimum atomic E-state index is -1.35. The van der Waals surface area contributed by atoms with Crippen molar-refractivity contribution in [1.82, 2.24) is 0 Å². The summed E-state index contributed by atoms with van der Waals surface area (Å²) in [5, 5.41) is 23.9. The average molecular weight is 345 g/mol. The predicted molar refractivity (Wildman–Crippen MR) is 84.5 cm³/mol. The Morgan fingerprint density at radius 2 is 1.84 bits per heavy atom. The second-order valence-corrected chi connectivity index (χ2v) is 4.78.